The fraction of sp³-hybridized carbons (Fsp3) is 0.333. The van der Waals surface area contributed by atoms with Crippen LogP contribution in [0.25, 0.3) is 0 Å². The van der Waals surface area contributed by atoms with Crippen molar-refractivity contribution < 1.29 is 9.18 Å². The molecule has 5 heteroatoms. The van der Waals surface area contributed by atoms with Gasteiger partial charge in [0, 0.05) is 11.3 Å². The van der Waals surface area contributed by atoms with Gasteiger partial charge in [-0.3, -0.25) is 4.79 Å². The smallest absolute Gasteiger partial charge is 0.230 e. The van der Waals surface area contributed by atoms with Gasteiger partial charge < -0.3 is 5.32 Å². The Morgan fingerprint density at radius 1 is 1.45 bits per heavy atom. The molecule has 0 radical (unpaired) electrons. The average molecular weight is 292 g/mol. The summed E-state index contributed by atoms with van der Waals surface area (Å²) in [6, 6.07) is 4.64. The van der Waals surface area contributed by atoms with Crippen LogP contribution >= 0.6 is 11.3 Å². The third kappa shape index (κ3) is 3.63. The van der Waals surface area contributed by atoms with E-state index in [2.05, 4.69) is 24.1 Å². The molecule has 1 N–H and O–H groups in total. The van der Waals surface area contributed by atoms with E-state index in [9.17, 15) is 9.18 Å². The first-order valence-electron chi connectivity index (χ1n) is 6.46. The molecule has 0 atom stereocenters. The van der Waals surface area contributed by atoms with Crippen LogP contribution in [0.2, 0.25) is 0 Å². The summed E-state index contributed by atoms with van der Waals surface area (Å²) in [6.07, 6.45) is 0.163. The molecule has 0 aliphatic rings. The number of halogens is 1. The number of anilines is 1. The van der Waals surface area contributed by atoms with Crippen molar-refractivity contribution in [2.45, 2.75) is 33.1 Å². The Bertz CT molecular complexity index is 622. The Labute approximate surface area is 121 Å². The summed E-state index contributed by atoms with van der Waals surface area (Å²) in [7, 11) is 0. The van der Waals surface area contributed by atoms with E-state index in [1.165, 1.54) is 6.07 Å². The first-order chi connectivity index (χ1) is 9.45. The van der Waals surface area contributed by atoms with Crippen molar-refractivity contribution in [2.24, 2.45) is 0 Å². The van der Waals surface area contributed by atoms with E-state index in [1.54, 1.807) is 23.5 Å². The van der Waals surface area contributed by atoms with Gasteiger partial charge in [-0.05, 0) is 24.6 Å². The Kier molecular flexibility index (Phi) is 4.49. The van der Waals surface area contributed by atoms with Gasteiger partial charge in [-0.1, -0.05) is 19.9 Å². The van der Waals surface area contributed by atoms with Crippen LogP contribution in [0.3, 0.4) is 0 Å². The van der Waals surface area contributed by atoms with Crippen LogP contribution < -0.4 is 5.32 Å². The molecule has 3 nitrogen and oxygen atoms in total. The predicted octanol–water partition coefficient (Wildman–Crippen LogP) is 3.90. The van der Waals surface area contributed by atoms with Gasteiger partial charge in [0.15, 0.2) is 0 Å². The molecule has 2 rings (SSSR count). The van der Waals surface area contributed by atoms with Crippen LogP contribution in [0.4, 0.5) is 10.1 Å². The van der Waals surface area contributed by atoms with Gasteiger partial charge in [0.2, 0.25) is 5.91 Å². The highest BCUT2D eigenvalue weighted by Gasteiger charge is 2.11. The lowest BCUT2D eigenvalue weighted by atomic mass is 10.2. The van der Waals surface area contributed by atoms with Gasteiger partial charge in [-0.15, -0.1) is 11.3 Å². The molecule has 106 valence electrons. The number of nitrogens with one attached hydrogen (secondary N) is 1. The molecular formula is C15H17FN2OS. The van der Waals surface area contributed by atoms with E-state index in [0.717, 1.165) is 16.3 Å². The maximum atomic E-state index is 13.6. The lowest BCUT2D eigenvalue weighted by Crippen LogP contribution is -2.15. The Balaban J connectivity index is 2.03. The second-order valence-electron chi connectivity index (χ2n) is 5.04. The standard InChI is InChI=1S/C15H17FN2OS/c1-9(2)15-17-11(8-20-15)7-14(19)18-13-6-10(3)4-5-12(13)16/h4-6,8-9H,7H2,1-3H3,(H,18,19). The molecule has 0 bridgehead atoms. The summed E-state index contributed by atoms with van der Waals surface area (Å²) in [4.78, 5) is 16.3. The highest BCUT2D eigenvalue weighted by molar-refractivity contribution is 7.09. The minimum Gasteiger partial charge on any atom is -0.323 e. The average Bonchev–Trinajstić information content (AvgIpc) is 2.82. The zero-order valence-electron chi connectivity index (χ0n) is 11.7. The molecule has 0 aliphatic heterocycles. The number of carbonyl (C=O) groups excluding carboxylic acids is 1. The largest absolute Gasteiger partial charge is 0.323 e. The Hall–Kier alpha value is -1.75. The van der Waals surface area contributed by atoms with Crippen molar-refractivity contribution in [3.8, 4) is 0 Å². The topological polar surface area (TPSA) is 42.0 Å². The second-order valence-corrected chi connectivity index (χ2v) is 5.93. The highest BCUT2D eigenvalue weighted by Crippen LogP contribution is 2.20. The molecule has 0 unspecified atom stereocenters. The van der Waals surface area contributed by atoms with Gasteiger partial charge in [0.25, 0.3) is 0 Å². The predicted molar refractivity (Wildman–Crippen MR) is 79.7 cm³/mol. The van der Waals surface area contributed by atoms with Crippen LogP contribution in [-0.4, -0.2) is 10.9 Å². The molecule has 1 aromatic carbocycles. The van der Waals surface area contributed by atoms with Gasteiger partial charge >= 0.3 is 0 Å². The molecule has 0 saturated carbocycles. The minimum atomic E-state index is -0.426. The van der Waals surface area contributed by atoms with Gasteiger partial charge in [-0.25, -0.2) is 9.37 Å². The third-order valence-electron chi connectivity index (χ3n) is 2.80. The van der Waals surface area contributed by atoms with Crippen LogP contribution in [-0.2, 0) is 11.2 Å². The first-order valence-corrected chi connectivity index (χ1v) is 7.34. The number of thiazole rings is 1. The number of hydrogen-bond donors (Lipinski definition) is 1. The van der Waals surface area contributed by atoms with Gasteiger partial charge in [0.05, 0.1) is 22.8 Å². The third-order valence-corrected chi connectivity index (χ3v) is 4.00. The molecule has 0 spiro atoms. The van der Waals surface area contributed by atoms with Crippen molar-refractivity contribution in [2.75, 3.05) is 5.32 Å². The van der Waals surface area contributed by atoms with Crippen molar-refractivity contribution in [3.63, 3.8) is 0 Å². The lowest BCUT2D eigenvalue weighted by Gasteiger charge is -2.06. The fourth-order valence-corrected chi connectivity index (χ4v) is 2.60. The van der Waals surface area contributed by atoms with Crippen molar-refractivity contribution in [1.29, 1.82) is 0 Å². The number of aromatic nitrogens is 1. The summed E-state index contributed by atoms with van der Waals surface area (Å²) in [6.45, 7) is 5.97. The van der Waals surface area contributed by atoms with E-state index in [4.69, 9.17) is 0 Å². The summed E-state index contributed by atoms with van der Waals surface area (Å²) < 4.78 is 13.6. The molecule has 0 fully saturated rings. The van der Waals surface area contributed by atoms with Gasteiger partial charge in [-0.2, -0.15) is 0 Å². The van der Waals surface area contributed by atoms with E-state index in [1.807, 2.05) is 12.3 Å². The van der Waals surface area contributed by atoms with Crippen LogP contribution in [0, 0.1) is 12.7 Å². The summed E-state index contributed by atoms with van der Waals surface area (Å²) >= 11 is 1.55. The Morgan fingerprint density at radius 3 is 2.85 bits per heavy atom. The van der Waals surface area contributed by atoms with Crippen molar-refractivity contribution >= 4 is 22.9 Å². The van der Waals surface area contributed by atoms with Crippen molar-refractivity contribution in [3.05, 3.63) is 45.7 Å². The number of nitrogens with zero attached hydrogens (tertiary/aromatic N) is 1. The van der Waals surface area contributed by atoms with Crippen LogP contribution in [0.1, 0.15) is 36.0 Å². The molecular weight excluding hydrogens is 275 g/mol. The van der Waals surface area contributed by atoms with Crippen LogP contribution in [0.15, 0.2) is 23.6 Å². The number of rotatable bonds is 4. The van der Waals surface area contributed by atoms with Crippen molar-refractivity contribution in [1.82, 2.24) is 4.98 Å². The second kappa shape index (κ2) is 6.13. The minimum absolute atomic E-state index is 0.163. The van der Waals surface area contributed by atoms with E-state index < -0.39 is 5.82 Å². The maximum Gasteiger partial charge on any atom is 0.230 e. The molecule has 0 aliphatic carbocycles. The fourth-order valence-electron chi connectivity index (χ4n) is 1.76. The van der Waals surface area contributed by atoms with E-state index >= 15 is 0 Å². The maximum absolute atomic E-state index is 13.6. The zero-order chi connectivity index (χ0) is 14.7. The quantitative estimate of drug-likeness (QED) is 0.928. The van der Waals surface area contributed by atoms with Gasteiger partial charge in [0.1, 0.15) is 5.82 Å². The summed E-state index contributed by atoms with van der Waals surface area (Å²) in [5, 5.41) is 5.47. The van der Waals surface area contributed by atoms with E-state index in [-0.39, 0.29) is 18.0 Å². The number of carbonyl (C=O) groups is 1. The number of hydrogen-bond acceptors (Lipinski definition) is 3. The highest BCUT2D eigenvalue weighted by atomic mass is 32.1. The molecule has 1 aromatic heterocycles. The zero-order valence-corrected chi connectivity index (χ0v) is 12.6. The molecule has 1 heterocycles. The normalized spacial score (nSPS) is 10.8. The molecule has 20 heavy (non-hydrogen) atoms. The molecule has 1 amide bonds. The van der Waals surface area contributed by atoms with Crippen LogP contribution in [0.5, 0.6) is 0 Å². The molecule has 2 aromatic rings. The monoisotopic (exact) mass is 292 g/mol. The number of benzene rings is 1. The summed E-state index contributed by atoms with van der Waals surface area (Å²) in [5.41, 5.74) is 1.84. The lowest BCUT2D eigenvalue weighted by molar-refractivity contribution is -0.115. The Morgan fingerprint density at radius 2 is 2.20 bits per heavy atom. The first kappa shape index (κ1) is 14.7. The van der Waals surface area contributed by atoms with E-state index in [0.29, 0.717) is 5.92 Å². The summed E-state index contributed by atoms with van der Waals surface area (Å²) in [5.74, 6) is -0.328. The number of aryl methyl sites for hydroxylation is 1. The SMILES string of the molecule is Cc1ccc(F)c(NC(=O)Cc2csc(C(C)C)n2)c1. The number of amides is 1. The molecule has 0 saturated heterocycles.